The molecule has 1 saturated heterocycles. The number of nitrogens with one attached hydrogen (secondary N) is 1. The first kappa shape index (κ1) is 13.6. The molecular formula is C16H26N2. The van der Waals surface area contributed by atoms with Gasteiger partial charge in [0.25, 0.3) is 0 Å². The van der Waals surface area contributed by atoms with E-state index in [1.165, 1.54) is 38.0 Å². The quantitative estimate of drug-likeness (QED) is 0.859. The van der Waals surface area contributed by atoms with E-state index in [9.17, 15) is 0 Å². The van der Waals surface area contributed by atoms with Crippen LogP contribution < -0.4 is 5.32 Å². The topological polar surface area (TPSA) is 15.3 Å². The summed E-state index contributed by atoms with van der Waals surface area (Å²) < 4.78 is 0. The van der Waals surface area contributed by atoms with Gasteiger partial charge in [-0.3, -0.25) is 4.90 Å². The summed E-state index contributed by atoms with van der Waals surface area (Å²) >= 11 is 0. The number of rotatable bonds is 5. The second-order valence-corrected chi connectivity index (χ2v) is 5.37. The molecule has 2 heteroatoms. The molecule has 1 aromatic carbocycles. The smallest absolute Gasteiger partial charge is 0.0319 e. The molecule has 0 radical (unpaired) electrons. The van der Waals surface area contributed by atoms with Gasteiger partial charge in [-0.2, -0.15) is 0 Å². The maximum atomic E-state index is 3.48. The Balaban J connectivity index is 1.82. The maximum Gasteiger partial charge on any atom is 0.0319 e. The summed E-state index contributed by atoms with van der Waals surface area (Å²) in [5.41, 5.74) is 1.45. The van der Waals surface area contributed by atoms with Crippen molar-refractivity contribution in [1.82, 2.24) is 10.2 Å². The van der Waals surface area contributed by atoms with Crippen molar-refractivity contribution < 1.29 is 0 Å². The lowest BCUT2D eigenvalue weighted by atomic mass is 9.94. The Kier molecular flexibility index (Phi) is 5.21. The fraction of sp³-hybridized carbons (Fsp3) is 0.625. The van der Waals surface area contributed by atoms with Gasteiger partial charge in [0, 0.05) is 6.04 Å². The first-order valence-electron chi connectivity index (χ1n) is 7.31. The van der Waals surface area contributed by atoms with Crippen LogP contribution in [-0.2, 0) is 0 Å². The predicted octanol–water partition coefficient (Wildman–Crippen LogP) is 3.07. The number of hydrogen-bond donors (Lipinski definition) is 1. The highest BCUT2D eigenvalue weighted by atomic mass is 15.2. The van der Waals surface area contributed by atoms with Gasteiger partial charge in [-0.05, 0) is 57.4 Å². The molecule has 2 nitrogen and oxygen atoms in total. The second-order valence-electron chi connectivity index (χ2n) is 5.37. The van der Waals surface area contributed by atoms with E-state index in [2.05, 4.69) is 54.4 Å². The minimum absolute atomic E-state index is 0.561. The average molecular weight is 246 g/mol. The molecule has 1 N–H and O–H groups in total. The van der Waals surface area contributed by atoms with Gasteiger partial charge in [0.15, 0.2) is 0 Å². The van der Waals surface area contributed by atoms with Crippen molar-refractivity contribution >= 4 is 0 Å². The van der Waals surface area contributed by atoms with Crippen molar-refractivity contribution in [3.63, 3.8) is 0 Å². The summed E-state index contributed by atoms with van der Waals surface area (Å²) in [6.07, 6.45) is 2.67. The van der Waals surface area contributed by atoms with Gasteiger partial charge in [0.05, 0.1) is 0 Å². The van der Waals surface area contributed by atoms with E-state index < -0.39 is 0 Å². The molecule has 0 amide bonds. The highest BCUT2D eigenvalue weighted by Crippen LogP contribution is 2.26. The molecule has 18 heavy (non-hydrogen) atoms. The van der Waals surface area contributed by atoms with Gasteiger partial charge < -0.3 is 5.32 Å². The Morgan fingerprint density at radius 1 is 1.22 bits per heavy atom. The summed E-state index contributed by atoms with van der Waals surface area (Å²) in [6.45, 7) is 9.30. The molecular weight excluding hydrogens is 220 g/mol. The van der Waals surface area contributed by atoms with E-state index in [-0.39, 0.29) is 0 Å². The van der Waals surface area contributed by atoms with Crippen molar-refractivity contribution in [1.29, 1.82) is 0 Å². The van der Waals surface area contributed by atoms with Crippen LogP contribution in [0.1, 0.15) is 38.3 Å². The van der Waals surface area contributed by atoms with Gasteiger partial charge in [0.1, 0.15) is 0 Å². The highest BCUT2D eigenvalue weighted by Gasteiger charge is 2.22. The van der Waals surface area contributed by atoms with Crippen LogP contribution in [-0.4, -0.2) is 31.1 Å². The molecule has 1 heterocycles. The molecule has 0 spiro atoms. The molecule has 1 fully saturated rings. The fourth-order valence-electron chi connectivity index (χ4n) is 2.84. The Labute approximate surface area is 111 Å². The highest BCUT2D eigenvalue weighted by molar-refractivity contribution is 5.18. The third-order valence-corrected chi connectivity index (χ3v) is 4.16. The standard InChI is InChI=1S/C16H26N2/c1-3-17-13-15-9-11-18(12-10-15)14(2)16-7-5-4-6-8-16/h4-8,14-15,17H,3,9-13H2,1-2H3. The first-order chi connectivity index (χ1) is 8.81. The largest absolute Gasteiger partial charge is 0.317 e. The van der Waals surface area contributed by atoms with Crippen LogP contribution in [0.3, 0.4) is 0 Å². The fourth-order valence-corrected chi connectivity index (χ4v) is 2.84. The third-order valence-electron chi connectivity index (χ3n) is 4.16. The van der Waals surface area contributed by atoms with Crippen LogP contribution in [0.15, 0.2) is 30.3 Å². The summed E-state index contributed by atoms with van der Waals surface area (Å²) in [5, 5.41) is 3.48. The number of benzene rings is 1. The molecule has 1 aromatic rings. The van der Waals surface area contributed by atoms with Crippen molar-refractivity contribution in [2.45, 2.75) is 32.7 Å². The molecule has 0 bridgehead atoms. The number of hydrogen-bond acceptors (Lipinski definition) is 2. The van der Waals surface area contributed by atoms with Gasteiger partial charge in [-0.1, -0.05) is 37.3 Å². The summed E-state index contributed by atoms with van der Waals surface area (Å²) in [6, 6.07) is 11.4. The molecule has 100 valence electrons. The lowest BCUT2D eigenvalue weighted by Crippen LogP contribution is -2.38. The second kappa shape index (κ2) is 6.91. The molecule has 1 atom stereocenters. The predicted molar refractivity (Wildman–Crippen MR) is 77.7 cm³/mol. The SMILES string of the molecule is CCNCC1CCN(C(C)c2ccccc2)CC1. The molecule has 2 rings (SSSR count). The third kappa shape index (κ3) is 3.56. The summed E-state index contributed by atoms with van der Waals surface area (Å²) in [4.78, 5) is 2.62. The van der Waals surface area contributed by atoms with Gasteiger partial charge in [-0.25, -0.2) is 0 Å². The van der Waals surface area contributed by atoms with E-state index in [4.69, 9.17) is 0 Å². The maximum absolute atomic E-state index is 3.48. The monoisotopic (exact) mass is 246 g/mol. The van der Waals surface area contributed by atoms with Crippen LogP contribution in [0.25, 0.3) is 0 Å². The number of likely N-dealkylation sites (tertiary alicyclic amines) is 1. The number of nitrogens with zero attached hydrogens (tertiary/aromatic N) is 1. The van der Waals surface area contributed by atoms with Crippen LogP contribution >= 0.6 is 0 Å². The molecule has 1 unspecified atom stereocenters. The zero-order valence-electron chi connectivity index (χ0n) is 11.7. The Morgan fingerprint density at radius 3 is 2.50 bits per heavy atom. The van der Waals surface area contributed by atoms with Gasteiger partial charge in [-0.15, -0.1) is 0 Å². The van der Waals surface area contributed by atoms with Crippen molar-refractivity contribution in [2.75, 3.05) is 26.2 Å². The van der Waals surface area contributed by atoms with E-state index >= 15 is 0 Å². The Hall–Kier alpha value is -0.860. The van der Waals surface area contributed by atoms with Crippen LogP contribution in [0.5, 0.6) is 0 Å². The van der Waals surface area contributed by atoms with E-state index in [0.29, 0.717) is 6.04 Å². The lowest BCUT2D eigenvalue weighted by molar-refractivity contribution is 0.140. The van der Waals surface area contributed by atoms with E-state index in [0.717, 1.165) is 12.5 Å². The zero-order valence-corrected chi connectivity index (χ0v) is 11.7. The Bertz CT molecular complexity index is 328. The molecule has 1 aliphatic rings. The normalized spacial score (nSPS) is 19.9. The first-order valence-corrected chi connectivity index (χ1v) is 7.31. The minimum atomic E-state index is 0.561. The zero-order chi connectivity index (χ0) is 12.8. The van der Waals surface area contributed by atoms with Crippen molar-refractivity contribution in [3.05, 3.63) is 35.9 Å². The summed E-state index contributed by atoms with van der Waals surface area (Å²) in [7, 11) is 0. The van der Waals surface area contributed by atoms with E-state index in [1.807, 2.05) is 0 Å². The van der Waals surface area contributed by atoms with Crippen LogP contribution in [0.4, 0.5) is 0 Å². The average Bonchev–Trinajstić information content (AvgIpc) is 2.46. The molecule has 0 aromatic heterocycles. The van der Waals surface area contributed by atoms with Crippen molar-refractivity contribution in [2.24, 2.45) is 5.92 Å². The summed E-state index contributed by atoms with van der Waals surface area (Å²) in [5.74, 6) is 0.879. The Morgan fingerprint density at radius 2 is 1.89 bits per heavy atom. The van der Waals surface area contributed by atoms with Crippen LogP contribution in [0.2, 0.25) is 0 Å². The lowest BCUT2D eigenvalue weighted by Gasteiger charge is -2.36. The minimum Gasteiger partial charge on any atom is -0.317 e. The molecule has 1 aliphatic heterocycles. The van der Waals surface area contributed by atoms with Gasteiger partial charge >= 0.3 is 0 Å². The molecule has 0 saturated carbocycles. The van der Waals surface area contributed by atoms with Gasteiger partial charge in [0.2, 0.25) is 0 Å². The molecule has 0 aliphatic carbocycles. The van der Waals surface area contributed by atoms with E-state index in [1.54, 1.807) is 0 Å². The van der Waals surface area contributed by atoms with Crippen molar-refractivity contribution in [3.8, 4) is 0 Å². The van der Waals surface area contributed by atoms with Crippen LogP contribution in [0, 0.1) is 5.92 Å². The number of piperidine rings is 1.